The van der Waals surface area contributed by atoms with Crippen LogP contribution >= 0.6 is 0 Å². The molecule has 0 atom stereocenters. The largest absolute Gasteiger partial charge is 0.497 e. The van der Waals surface area contributed by atoms with E-state index in [2.05, 4.69) is 0 Å². The van der Waals surface area contributed by atoms with Crippen molar-refractivity contribution in [3.05, 3.63) is 64.7 Å². The van der Waals surface area contributed by atoms with Gasteiger partial charge in [0.2, 0.25) is 10.0 Å². The fourth-order valence-electron chi connectivity index (χ4n) is 3.89. The standard InChI is InChI=1S/C22H23N3O6S/c1-31-17-6-3-15(4-7-17)14-25-21(27)18-8-5-16(13-19(18)22(25)28)20(26)23-9-11-24(12-10-23)32(2,29)30/h3-8,13H,9-12,14H2,1-2H3. The lowest BCUT2D eigenvalue weighted by Gasteiger charge is -2.33. The molecule has 168 valence electrons. The minimum Gasteiger partial charge on any atom is -0.497 e. The van der Waals surface area contributed by atoms with Crippen molar-refractivity contribution in [1.29, 1.82) is 0 Å². The summed E-state index contributed by atoms with van der Waals surface area (Å²) in [7, 11) is -1.74. The number of piperazine rings is 1. The number of amides is 3. The zero-order valence-corrected chi connectivity index (χ0v) is 18.6. The van der Waals surface area contributed by atoms with E-state index < -0.39 is 21.8 Å². The number of hydrogen-bond donors (Lipinski definition) is 0. The van der Waals surface area contributed by atoms with Crippen molar-refractivity contribution in [2.24, 2.45) is 0 Å². The van der Waals surface area contributed by atoms with Crippen molar-refractivity contribution in [1.82, 2.24) is 14.1 Å². The Morgan fingerprint density at radius 2 is 1.56 bits per heavy atom. The van der Waals surface area contributed by atoms with Crippen LogP contribution in [-0.4, -0.2) is 79.8 Å². The zero-order chi connectivity index (χ0) is 23.0. The number of methoxy groups -OCH3 is 1. The minimum absolute atomic E-state index is 0.118. The van der Waals surface area contributed by atoms with E-state index in [1.165, 1.54) is 22.5 Å². The van der Waals surface area contributed by atoms with Gasteiger partial charge in [0.25, 0.3) is 17.7 Å². The van der Waals surface area contributed by atoms with E-state index in [0.29, 0.717) is 11.3 Å². The molecule has 2 heterocycles. The molecule has 4 rings (SSSR count). The Morgan fingerprint density at radius 3 is 2.16 bits per heavy atom. The summed E-state index contributed by atoms with van der Waals surface area (Å²) in [5.74, 6) is -0.467. The second kappa shape index (κ2) is 8.36. The third-order valence-corrected chi connectivity index (χ3v) is 7.02. The van der Waals surface area contributed by atoms with Gasteiger partial charge in [0.05, 0.1) is 31.0 Å². The van der Waals surface area contributed by atoms with Crippen LogP contribution < -0.4 is 4.74 Å². The Hall–Kier alpha value is -3.24. The Bertz CT molecular complexity index is 1180. The first-order valence-electron chi connectivity index (χ1n) is 10.1. The van der Waals surface area contributed by atoms with Gasteiger partial charge < -0.3 is 9.64 Å². The van der Waals surface area contributed by atoms with Crippen LogP contribution in [0.15, 0.2) is 42.5 Å². The molecule has 0 saturated carbocycles. The summed E-state index contributed by atoms with van der Waals surface area (Å²) in [6, 6.07) is 11.6. The Labute approximate surface area is 186 Å². The molecule has 0 bridgehead atoms. The summed E-state index contributed by atoms with van der Waals surface area (Å²) in [6.45, 7) is 1.09. The first-order chi connectivity index (χ1) is 15.2. The number of carbonyl (C=O) groups excluding carboxylic acids is 3. The average Bonchev–Trinajstić information content (AvgIpc) is 3.03. The van der Waals surface area contributed by atoms with Crippen molar-refractivity contribution >= 4 is 27.7 Å². The molecule has 10 heteroatoms. The van der Waals surface area contributed by atoms with Gasteiger partial charge in [0.1, 0.15) is 5.75 Å². The zero-order valence-electron chi connectivity index (χ0n) is 17.8. The monoisotopic (exact) mass is 457 g/mol. The molecular formula is C22H23N3O6S. The molecule has 2 aliphatic heterocycles. The van der Waals surface area contributed by atoms with Gasteiger partial charge in [-0.3, -0.25) is 19.3 Å². The molecule has 1 fully saturated rings. The number of rotatable bonds is 5. The van der Waals surface area contributed by atoms with Crippen LogP contribution in [0.1, 0.15) is 36.6 Å². The van der Waals surface area contributed by atoms with Crippen LogP contribution in [0, 0.1) is 0 Å². The van der Waals surface area contributed by atoms with Crippen LogP contribution in [0.25, 0.3) is 0 Å². The van der Waals surface area contributed by atoms with Gasteiger partial charge in [0.15, 0.2) is 0 Å². The fourth-order valence-corrected chi connectivity index (χ4v) is 4.71. The van der Waals surface area contributed by atoms with Gasteiger partial charge >= 0.3 is 0 Å². The third-order valence-electron chi connectivity index (χ3n) is 5.71. The molecule has 32 heavy (non-hydrogen) atoms. The SMILES string of the molecule is COc1ccc(CN2C(=O)c3ccc(C(=O)N4CCN(S(C)(=O)=O)CC4)cc3C2=O)cc1. The van der Waals surface area contributed by atoms with E-state index in [4.69, 9.17) is 4.74 Å². The van der Waals surface area contributed by atoms with E-state index in [9.17, 15) is 22.8 Å². The van der Waals surface area contributed by atoms with E-state index in [1.54, 1.807) is 36.3 Å². The molecule has 2 aromatic rings. The van der Waals surface area contributed by atoms with Gasteiger partial charge in [-0.2, -0.15) is 4.31 Å². The van der Waals surface area contributed by atoms with Crippen LogP contribution in [-0.2, 0) is 16.6 Å². The third kappa shape index (κ3) is 4.11. The Kier molecular flexibility index (Phi) is 5.74. The van der Waals surface area contributed by atoms with Gasteiger partial charge in [-0.05, 0) is 35.9 Å². The van der Waals surface area contributed by atoms with E-state index in [-0.39, 0.29) is 49.8 Å². The van der Waals surface area contributed by atoms with Crippen molar-refractivity contribution in [3.63, 3.8) is 0 Å². The first-order valence-corrected chi connectivity index (χ1v) is 11.9. The lowest BCUT2D eigenvalue weighted by Crippen LogP contribution is -2.50. The normalized spacial score (nSPS) is 16.9. The average molecular weight is 458 g/mol. The van der Waals surface area contributed by atoms with Crippen molar-refractivity contribution in [2.75, 3.05) is 39.5 Å². The van der Waals surface area contributed by atoms with Crippen molar-refractivity contribution < 1.29 is 27.5 Å². The summed E-state index contributed by atoms with van der Waals surface area (Å²) in [5, 5.41) is 0. The molecule has 0 aromatic heterocycles. The first kappa shape index (κ1) is 22.0. The van der Waals surface area contributed by atoms with Crippen LogP contribution in [0.2, 0.25) is 0 Å². The Morgan fingerprint density at radius 1 is 0.938 bits per heavy atom. The van der Waals surface area contributed by atoms with Crippen LogP contribution in [0.5, 0.6) is 5.75 Å². The quantitative estimate of drug-likeness (QED) is 0.625. The van der Waals surface area contributed by atoms with Crippen LogP contribution in [0.3, 0.4) is 0 Å². The highest BCUT2D eigenvalue weighted by Gasteiger charge is 2.36. The number of ether oxygens (including phenoxy) is 1. The highest BCUT2D eigenvalue weighted by atomic mass is 32.2. The highest BCUT2D eigenvalue weighted by molar-refractivity contribution is 7.88. The Balaban J connectivity index is 1.49. The second-order valence-electron chi connectivity index (χ2n) is 7.76. The maximum Gasteiger partial charge on any atom is 0.261 e. The molecule has 0 radical (unpaired) electrons. The minimum atomic E-state index is -3.30. The molecule has 2 aliphatic rings. The molecular weight excluding hydrogens is 434 g/mol. The topological polar surface area (TPSA) is 104 Å². The predicted molar refractivity (Wildman–Crippen MR) is 116 cm³/mol. The predicted octanol–water partition coefficient (Wildman–Crippen LogP) is 1.21. The number of carbonyl (C=O) groups is 3. The van der Waals surface area contributed by atoms with Crippen molar-refractivity contribution in [2.45, 2.75) is 6.54 Å². The van der Waals surface area contributed by atoms with E-state index >= 15 is 0 Å². The lowest BCUT2D eigenvalue weighted by molar-refractivity contribution is 0.0641. The van der Waals surface area contributed by atoms with Gasteiger partial charge in [-0.25, -0.2) is 8.42 Å². The van der Waals surface area contributed by atoms with Crippen LogP contribution in [0.4, 0.5) is 0 Å². The number of benzene rings is 2. The molecule has 9 nitrogen and oxygen atoms in total. The number of hydrogen-bond acceptors (Lipinski definition) is 6. The van der Waals surface area contributed by atoms with Gasteiger partial charge in [-0.15, -0.1) is 0 Å². The summed E-state index contributed by atoms with van der Waals surface area (Å²) in [6.07, 6.45) is 1.14. The molecule has 0 spiro atoms. The number of sulfonamides is 1. The van der Waals surface area contributed by atoms with Gasteiger partial charge in [-0.1, -0.05) is 12.1 Å². The van der Waals surface area contributed by atoms with E-state index in [0.717, 1.165) is 16.7 Å². The highest BCUT2D eigenvalue weighted by Crippen LogP contribution is 2.27. The molecule has 0 aliphatic carbocycles. The summed E-state index contributed by atoms with van der Waals surface area (Å²) >= 11 is 0. The summed E-state index contributed by atoms with van der Waals surface area (Å²) < 4.78 is 29.8. The molecule has 0 unspecified atom stereocenters. The molecule has 2 aromatic carbocycles. The maximum atomic E-state index is 12.9. The second-order valence-corrected chi connectivity index (χ2v) is 9.74. The van der Waals surface area contributed by atoms with Gasteiger partial charge in [0, 0.05) is 31.7 Å². The number of imide groups is 1. The molecule has 3 amide bonds. The lowest BCUT2D eigenvalue weighted by atomic mass is 10.0. The number of nitrogens with zero attached hydrogens (tertiary/aromatic N) is 3. The summed E-state index contributed by atoms with van der Waals surface area (Å²) in [4.78, 5) is 41.3. The smallest absolute Gasteiger partial charge is 0.261 e. The number of fused-ring (bicyclic) bond motifs is 1. The fraction of sp³-hybridized carbons (Fsp3) is 0.318. The van der Waals surface area contributed by atoms with Crippen molar-refractivity contribution in [3.8, 4) is 5.75 Å². The molecule has 1 saturated heterocycles. The summed E-state index contributed by atoms with van der Waals surface area (Å²) in [5.41, 5.74) is 1.54. The molecule has 0 N–H and O–H groups in total. The maximum absolute atomic E-state index is 12.9. The van der Waals surface area contributed by atoms with E-state index in [1.807, 2.05) is 0 Å².